The first-order chi connectivity index (χ1) is 15.5. The van der Waals surface area contributed by atoms with E-state index in [9.17, 15) is 5.11 Å². The summed E-state index contributed by atoms with van der Waals surface area (Å²) in [5, 5.41) is 12.1. The number of aliphatic hydroxyl groups excluding tert-OH is 1. The highest BCUT2D eigenvalue weighted by atomic mass is 16.3. The van der Waals surface area contributed by atoms with E-state index in [4.69, 9.17) is 5.73 Å². The van der Waals surface area contributed by atoms with E-state index in [0.717, 1.165) is 54.2 Å². The van der Waals surface area contributed by atoms with Crippen molar-refractivity contribution in [3.63, 3.8) is 0 Å². The topological polar surface area (TPSA) is 75.3 Å². The van der Waals surface area contributed by atoms with Crippen LogP contribution >= 0.6 is 0 Å². The lowest BCUT2D eigenvalue weighted by Crippen LogP contribution is -2.25. The molecule has 3 N–H and O–H groups in total. The maximum Gasteiger partial charge on any atom is 0.150 e. The van der Waals surface area contributed by atoms with Crippen LogP contribution in [0.15, 0.2) is 54.7 Å². The number of aryl methyl sites for hydroxylation is 3. The van der Waals surface area contributed by atoms with Crippen LogP contribution < -0.4 is 5.73 Å². The highest BCUT2D eigenvalue weighted by Gasteiger charge is 2.25. The van der Waals surface area contributed by atoms with E-state index in [1.165, 1.54) is 22.3 Å². The molecule has 2 unspecified atom stereocenters. The van der Waals surface area contributed by atoms with Gasteiger partial charge in [-0.25, -0.2) is 4.98 Å². The number of aliphatic hydroxyl groups is 1. The molecule has 2 aromatic heterocycles. The monoisotopic (exact) mass is 426 g/mol. The Morgan fingerprint density at radius 1 is 1.12 bits per heavy atom. The summed E-state index contributed by atoms with van der Waals surface area (Å²) in [5.41, 5.74) is 13.0. The standard InChI is InChI=1S/C27H30N4O/c1-17-3-10-23-24(15-17)30-27(28)26-25(23)21(11-13-29-26)9-6-19-4-7-20(8-5-19)18(2)31-14-12-22(32)16-31/h3-5,7-8,10-11,13,15,18,22,32H,6,9,12,14,16H2,1-2H3,(H2,28,30). The van der Waals surface area contributed by atoms with Gasteiger partial charge >= 0.3 is 0 Å². The molecular formula is C27H30N4O. The zero-order valence-electron chi connectivity index (χ0n) is 18.8. The number of likely N-dealkylation sites (tertiary alicyclic amines) is 1. The fraction of sp³-hybridized carbons (Fsp3) is 0.333. The van der Waals surface area contributed by atoms with Crippen LogP contribution in [0.5, 0.6) is 0 Å². The quantitative estimate of drug-likeness (QED) is 0.457. The molecule has 164 valence electrons. The number of nitrogens with zero attached hydrogens (tertiary/aromatic N) is 3. The van der Waals surface area contributed by atoms with Crippen LogP contribution in [-0.2, 0) is 12.8 Å². The number of benzene rings is 2. The van der Waals surface area contributed by atoms with Crippen LogP contribution in [0.1, 0.15) is 41.6 Å². The summed E-state index contributed by atoms with van der Waals surface area (Å²) in [5.74, 6) is 0.491. The summed E-state index contributed by atoms with van der Waals surface area (Å²) in [6, 6.07) is 17.7. The number of anilines is 1. The summed E-state index contributed by atoms with van der Waals surface area (Å²) in [6.07, 6.45) is 4.39. The molecule has 3 heterocycles. The second-order valence-corrected chi connectivity index (χ2v) is 9.07. The van der Waals surface area contributed by atoms with Gasteiger partial charge in [-0.3, -0.25) is 9.88 Å². The molecule has 1 fully saturated rings. The first kappa shape index (κ1) is 20.9. The van der Waals surface area contributed by atoms with Crippen molar-refractivity contribution in [2.24, 2.45) is 0 Å². The molecule has 0 saturated carbocycles. The van der Waals surface area contributed by atoms with Gasteiger partial charge in [-0.15, -0.1) is 0 Å². The minimum absolute atomic E-state index is 0.184. The largest absolute Gasteiger partial charge is 0.392 e. The molecule has 0 aliphatic carbocycles. The second kappa shape index (κ2) is 8.49. The smallest absolute Gasteiger partial charge is 0.150 e. The van der Waals surface area contributed by atoms with Gasteiger partial charge in [0, 0.05) is 36.1 Å². The molecule has 0 bridgehead atoms. The van der Waals surface area contributed by atoms with Crippen molar-refractivity contribution in [3.8, 4) is 0 Å². The Hall–Kier alpha value is -3.02. The summed E-state index contributed by atoms with van der Waals surface area (Å²) in [4.78, 5) is 11.5. The molecule has 5 rings (SSSR count). The lowest BCUT2D eigenvalue weighted by atomic mass is 9.97. The van der Waals surface area contributed by atoms with Crippen molar-refractivity contribution in [1.82, 2.24) is 14.9 Å². The van der Waals surface area contributed by atoms with E-state index in [2.05, 4.69) is 77.2 Å². The van der Waals surface area contributed by atoms with Gasteiger partial charge in [0.2, 0.25) is 0 Å². The lowest BCUT2D eigenvalue weighted by Gasteiger charge is -2.24. The Balaban J connectivity index is 1.39. The Kier molecular flexibility index (Phi) is 5.53. The SMILES string of the molecule is Cc1ccc2c(c1)nc(N)c1nccc(CCc3ccc(C(C)N4CCC(O)C4)cc3)c12. The number of hydrogen-bond donors (Lipinski definition) is 2. The van der Waals surface area contributed by atoms with E-state index >= 15 is 0 Å². The number of nitrogens with two attached hydrogens (primary N) is 1. The van der Waals surface area contributed by atoms with Gasteiger partial charge in [0.1, 0.15) is 5.52 Å². The number of pyridine rings is 2. The van der Waals surface area contributed by atoms with Gasteiger partial charge < -0.3 is 10.8 Å². The van der Waals surface area contributed by atoms with Crippen LogP contribution in [0.25, 0.3) is 21.8 Å². The summed E-state index contributed by atoms with van der Waals surface area (Å²) >= 11 is 0. The maximum absolute atomic E-state index is 9.83. The van der Waals surface area contributed by atoms with Crippen LogP contribution in [0, 0.1) is 6.92 Å². The maximum atomic E-state index is 9.83. The molecule has 2 aromatic carbocycles. The van der Waals surface area contributed by atoms with Crippen LogP contribution in [0.3, 0.4) is 0 Å². The Labute approximate surface area is 188 Å². The molecule has 4 aromatic rings. The number of aromatic nitrogens is 2. The number of nitrogen functional groups attached to an aromatic ring is 1. The third-order valence-electron chi connectivity index (χ3n) is 6.83. The van der Waals surface area contributed by atoms with E-state index < -0.39 is 0 Å². The molecule has 5 heteroatoms. The number of hydrogen-bond acceptors (Lipinski definition) is 5. The Morgan fingerprint density at radius 2 is 1.94 bits per heavy atom. The average Bonchev–Trinajstić information content (AvgIpc) is 3.23. The van der Waals surface area contributed by atoms with Crippen LogP contribution in [0.2, 0.25) is 0 Å². The van der Waals surface area contributed by atoms with Gasteiger partial charge in [0.15, 0.2) is 5.82 Å². The molecular weight excluding hydrogens is 396 g/mol. The van der Waals surface area contributed by atoms with Crippen molar-refractivity contribution in [1.29, 1.82) is 0 Å². The summed E-state index contributed by atoms with van der Waals surface area (Å²) in [7, 11) is 0. The third-order valence-corrected chi connectivity index (χ3v) is 6.83. The molecule has 32 heavy (non-hydrogen) atoms. The number of β-amino-alcohol motifs (C(OH)–C–C–N with tert-alkyl or cyclic N) is 1. The van der Waals surface area contributed by atoms with Gasteiger partial charge in [0.05, 0.1) is 11.6 Å². The number of fused-ring (bicyclic) bond motifs is 3. The van der Waals surface area contributed by atoms with Crippen LogP contribution in [0.4, 0.5) is 5.82 Å². The molecule has 2 atom stereocenters. The third kappa shape index (κ3) is 3.94. The predicted octanol–water partition coefficient (Wildman–Crippen LogP) is 4.59. The molecule has 0 radical (unpaired) electrons. The molecule has 0 spiro atoms. The Morgan fingerprint density at radius 3 is 2.69 bits per heavy atom. The van der Waals surface area contributed by atoms with E-state index in [0.29, 0.717) is 11.9 Å². The molecule has 1 saturated heterocycles. The first-order valence-corrected chi connectivity index (χ1v) is 11.4. The van der Waals surface area contributed by atoms with Gasteiger partial charge in [-0.2, -0.15) is 0 Å². The molecule has 1 aliphatic heterocycles. The first-order valence-electron chi connectivity index (χ1n) is 11.4. The predicted molar refractivity (Wildman–Crippen MR) is 131 cm³/mol. The van der Waals surface area contributed by atoms with Crippen molar-refractivity contribution in [2.75, 3.05) is 18.8 Å². The highest BCUT2D eigenvalue weighted by Crippen LogP contribution is 2.31. The summed E-state index contributed by atoms with van der Waals surface area (Å²) in [6.45, 7) is 6.03. The average molecular weight is 427 g/mol. The fourth-order valence-corrected chi connectivity index (χ4v) is 4.91. The van der Waals surface area contributed by atoms with E-state index in [1.54, 1.807) is 0 Å². The Bertz CT molecular complexity index is 1270. The highest BCUT2D eigenvalue weighted by molar-refractivity contribution is 6.09. The molecule has 1 aliphatic rings. The van der Waals surface area contributed by atoms with Crippen LogP contribution in [-0.4, -0.2) is 39.2 Å². The zero-order chi connectivity index (χ0) is 22.2. The van der Waals surface area contributed by atoms with Gasteiger partial charge in [-0.05, 0) is 67.5 Å². The second-order valence-electron chi connectivity index (χ2n) is 9.07. The van der Waals surface area contributed by atoms with E-state index in [-0.39, 0.29) is 6.10 Å². The zero-order valence-corrected chi connectivity index (χ0v) is 18.8. The van der Waals surface area contributed by atoms with Crippen molar-refractivity contribution < 1.29 is 5.11 Å². The lowest BCUT2D eigenvalue weighted by molar-refractivity contribution is 0.163. The van der Waals surface area contributed by atoms with Gasteiger partial charge in [0.25, 0.3) is 0 Å². The fourth-order valence-electron chi connectivity index (χ4n) is 4.91. The van der Waals surface area contributed by atoms with Gasteiger partial charge in [-0.1, -0.05) is 36.4 Å². The minimum atomic E-state index is -0.184. The molecule has 0 amide bonds. The van der Waals surface area contributed by atoms with E-state index in [1.807, 2.05) is 6.20 Å². The number of rotatable bonds is 5. The molecule has 5 nitrogen and oxygen atoms in total. The van der Waals surface area contributed by atoms with Crippen molar-refractivity contribution in [3.05, 3.63) is 77.0 Å². The normalized spacial score (nSPS) is 17.9. The van der Waals surface area contributed by atoms with Crippen molar-refractivity contribution in [2.45, 2.75) is 45.3 Å². The summed E-state index contributed by atoms with van der Waals surface area (Å²) < 4.78 is 0. The van der Waals surface area contributed by atoms with Crippen molar-refractivity contribution >= 4 is 27.6 Å². The minimum Gasteiger partial charge on any atom is -0.392 e.